The highest BCUT2D eigenvalue weighted by atomic mass is 19.1. The van der Waals surface area contributed by atoms with E-state index in [9.17, 15) is 13.6 Å². The van der Waals surface area contributed by atoms with E-state index in [1.54, 1.807) is 23.1 Å². The van der Waals surface area contributed by atoms with Crippen LogP contribution < -0.4 is 0 Å². The molecule has 0 spiro atoms. The summed E-state index contributed by atoms with van der Waals surface area (Å²) in [6.45, 7) is 2.42. The predicted octanol–water partition coefficient (Wildman–Crippen LogP) is 5.11. The molecule has 1 heterocycles. The number of rotatable bonds is 6. The average Bonchev–Trinajstić information content (AvgIpc) is 3.21. The van der Waals surface area contributed by atoms with Gasteiger partial charge < -0.3 is 9.74 Å². The summed E-state index contributed by atoms with van der Waals surface area (Å²) in [5, 5.41) is 4.23. The summed E-state index contributed by atoms with van der Waals surface area (Å²) in [6, 6.07) is 19.5. The van der Waals surface area contributed by atoms with Crippen LogP contribution in [0.4, 0.5) is 8.78 Å². The molecule has 1 aliphatic heterocycles. The van der Waals surface area contributed by atoms with Crippen LogP contribution in [0.25, 0.3) is 0 Å². The zero-order chi connectivity index (χ0) is 21.8. The van der Waals surface area contributed by atoms with Crippen molar-refractivity contribution in [3.8, 4) is 0 Å². The minimum atomic E-state index is -0.487. The van der Waals surface area contributed by atoms with E-state index >= 15 is 0 Å². The molecule has 0 fully saturated rings. The largest absolute Gasteiger partial charge is 0.390 e. The molecule has 0 saturated heterocycles. The molecular weight excluding hydrogens is 398 g/mol. The van der Waals surface area contributed by atoms with Gasteiger partial charge in [-0.1, -0.05) is 47.6 Å². The summed E-state index contributed by atoms with van der Waals surface area (Å²) in [7, 11) is 0. The lowest BCUT2D eigenvalue weighted by molar-refractivity contribution is 0.0404. The molecule has 0 saturated carbocycles. The van der Waals surface area contributed by atoms with Crippen LogP contribution in [-0.4, -0.2) is 29.2 Å². The van der Waals surface area contributed by atoms with Gasteiger partial charge in [0.15, 0.2) is 6.10 Å². The van der Waals surface area contributed by atoms with Crippen LogP contribution in [0.15, 0.2) is 78.0 Å². The summed E-state index contributed by atoms with van der Waals surface area (Å²) in [5.74, 6) is -1.21. The second-order valence-corrected chi connectivity index (χ2v) is 7.61. The van der Waals surface area contributed by atoms with E-state index in [0.29, 0.717) is 12.0 Å². The predicted molar refractivity (Wildman–Crippen MR) is 115 cm³/mol. The van der Waals surface area contributed by atoms with Gasteiger partial charge in [0.1, 0.15) is 11.6 Å². The Bertz CT molecular complexity index is 1130. The third kappa shape index (κ3) is 4.97. The Labute approximate surface area is 179 Å². The lowest BCUT2D eigenvalue weighted by Crippen LogP contribution is -2.37. The number of hydrogen-bond acceptors (Lipinski definition) is 3. The third-order valence-corrected chi connectivity index (χ3v) is 5.23. The maximum absolute atomic E-state index is 13.7. The molecule has 31 heavy (non-hydrogen) atoms. The fraction of sp³-hybridized carbons (Fsp3) is 0.200. The van der Waals surface area contributed by atoms with Crippen LogP contribution in [0.5, 0.6) is 0 Å². The number of hydrogen-bond donors (Lipinski definition) is 0. The van der Waals surface area contributed by atoms with Gasteiger partial charge in [-0.3, -0.25) is 4.79 Å². The fourth-order valence-electron chi connectivity index (χ4n) is 3.71. The highest BCUT2D eigenvalue weighted by Crippen LogP contribution is 2.22. The normalized spacial score (nSPS) is 15.3. The van der Waals surface area contributed by atoms with Crippen LogP contribution in [0, 0.1) is 18.6 Å². The Morgan fingerprint density at radius 3 is 2.52 bits per heavy atom. The smallest absolute Gasteiger partial charge is 0.254 e. The van der Waals surface area contributed by atoms with Gasteiger partial charge in [-0.05, 0) is 48.4 Å². The second kappa shape index (κ2) is 9.08. The first-order chi connectivity index (χ1) is 15.0. The van der Waals surface area contributed by atoms with E-state index in [0.717, 1.165) is 16.8 Å². The number of carbonyl (C=O) groups is 1. The molecule has 4 nitrogen and oxygen atoms in total. The van der Waals surface area contributed by atoms with Gasteiger partial charge in [0.25, 0.3) is 5.91 Å². The van der Waals surface area contributed by atoms with E-state index in [2.05, 4.69) is 5.16 Å². The van der Waals surface area contributed by atoms with E-state index in [-0.39, 0.29) is 36.5 Å². The molecule has 0 radical (unpaired) electrons. The van der Waals surface area contributed by atoms with Gasteiger partial charge >= 0.3 is 0 Å². The molecule has 4 rings (SSSR count). The van der Waals surface area contributed by atoms with Crippen molar-refractivity contribution in [2.75, 3.05) is 6.54 Å². The number of aryl methyl sites for hydroxylation is 1. The Morgan fingerprint density at radius 2 is 1.77 bits per heavy atom. The molecule has 0 N–H and O–H groups in total. The van der Waals surface area contributed by atoms with Crippen LogP contribution in [0.1, 0.15) is 33.5 Å². The van der Waals surface area contributed by atoms with Crippen molar-refractivity contribution in [1.29, 1.82) is 0 Å². The first kappa shape index (κ1) is 20.7. The van der Waals surface area contributed by atoms with Crippen molar-refractivity contribution in [3.05, 3.63) is 107 Å². The SMILES string of the molecule is Cc1ccccc1C1=NOC(CN(Cc2cccc(F)c2)C(=O)c2cccc(F)c2)C1. The molecule has 1 atom stereocenters. The van der Waals surface area contributed by atoms with Gasteiger partial charge in [-0.25, -0.2) is 8.78 Å². The van der Waals surface area contributed by atoms with Crippen LogP contribution in [-0.2, 0) is 11.4 Å². The monoisotopic (exact) mass is 420 g/mol. The first-order valence-electron chi connectivity index (χ1n) is 10.1. The molecule has 0 aromatic heterocycles. The molecule has 3 aromatic rings. The van der Waals surface area contributed by atoms with E-state index in [4.69, 9.17) is 4.84 Å². The zero-order valence-corrected chi connectivity index (χ0v) is 17.1. The van der Waals surface area contributed by atoms with Crippen molar-refractivity contribution in [2.45, 2.75) is 26.0 Å². The van der Waals surface area contributed by atoms with Crippen LogP contribution in [0.2, 0.25) is 0 Å². The Hall–Kier alpha value is -3.54. The van der Waals surface area contributed by atoms with Crippen molar-refractivity contribution < 1.29 is 18.4 Å². The van der Waals surface area contributed by atoms with Crippen LogP contribution in [0.3, 0.4) is 0 Å². The molecule has 1 aliphatic rings. The van der Waals surface area contributed by atoms with Crippen molar-refractivity contribution in [1.82, 2.24) is 4.90 Å². The maximum Gasteiger partial charge on any atom is 0.254 e. The fourth-order valence-corrected chi connectivity index (χ4v) is 3.71. The number of carbonyl (C=O) groups excluding carboxylic acids is 1. The van der Waals surface area contributed by atoms with Crippen LogP contribution >= 0.6 is 0 Å². The minimum absolute atomic E-state index is 0.173. The standard InChI is InChI=1S/C25H22F2N2O2/c1-17-6-2-3-11-23(17)24-14-22(31-28-24)16-29(15-18-7-4-9-20(26)12-18)25(30)19-8-5-10-21(27)13-19/h2-13,22H,14-16H2,1H3. The highest BCUT2D eigenvalue weighted by molar-refractivity contribution is 6.02. The van der Waals surface area contributed by atoms with Gasteiger partial charge in [-0.15, -0.1) is 0 Å². The summed E-state index contributed by atoms with van der Waals surface area (Å²) >= 11 is 0. The van der Waals surface area contributed by atoms with Gasteiger partial charge in [-0.2, -0.15) is 0 Å². The summed E-state index contributed by atoms with van der Waals surface area (Å²) in [4.78, 5) is 20.3. The van der Waals surface area contributed by atoms with Gasteiger partial charge in [0, 0.05) is 24.1 Å². The summed E-state index contributed by atoms with van der Waals surface area (Å²) < 4.78 is 27.4. The molecule has 0 aliphatic carbocycles. The molecule has 3 aromatic carbocycles. The van der Waals surface area contributed by atoms with Gasteiger partial charge in [0.05, 0.1) is 12.3 Å². The van der Waals surface area contributed by atoms with E-state index < -0.39 is 5.82 Å². The lowest BCUT2D eigenvalue weighted by Gasteiger charge is -2.25. The number of oxime groups is 1. The number of nitrogens with zero attached hydrogens (tertiary/aromatic N) is 2. The quantitative estimate of drug-likeness (QED) is 0.556. The topological polar surface area (TPSA) is 41.9 Å². The highest BCUT2D eigenvalue weighted by Gasteiger charge is 2.28. The Kier molecular flexibility index (Phi) is 6.07. The molecule has 1 amide bonds. The molecule has 0 bridgehead atoms. The van der Waals surface area contributed by atoms with E-state index in [1.165, 1.54) is 30.3 Å². The number of amides is 1. The maximum atomic E-state index is 13.7. The summed E-state index contributed by atoms with van der Waals surface area (Å²) in [5.41, 5.74) is 3.81. The second-order valence-electron chi connectivity index (χ2n) is 7.61. The number of benzene rings is 3. The lowest BCUT2D eigenvalue weighted by atomic mass is 10.00. The van der Waals surface area contributed by atoms with Gasteiger partial charge in [0.2, 0.25) is 0 Å². The molecular formula is C25H22F2N2O2. The van der Waals surface area contributed by atoms with Crippen molar-refractivity contribution in [3.63, 3.8) is 0 Å². The van der Waals surface area contributed by atoms with Crippen molar-refractivity contribution >= 4 is 11.6 Å². The third-order valence-electron chi connectivity index (χ3n) is 5.23. The number of halogens is 2. The first-order valence-corrected chi connectivity index (χ1v) is 10.1. The van der Waals surface area contributed by atoms with Crippen molar-refractivity contribution in [2.24, 2.45) is 5.16 Å². The Balaban J connectivity index is 1.53. The molecule has 1 unspecified atom stereocenters. The minimum Gasteiger partial charge on any atom is -0.390 e. The zero-order valence-electron chi connectivity index (χ0n) is 17.1. The van der Waals surface area contributed by atoms with E-state index in [1.807, 2.05) is 31.2 Å². The molecule has 6 heteroatoms. The molecule has 158 valence electrons. The summed E-state index contributed by atoms with van der Waals surface area (Å²) in [6.07, 6.45) is 0.196. The Morgan fingerprint density at radius 1 is 1.03 bits per heavy atom. The average molecular weight is 420 g/mol.